The van der Waals surface area contributed by atoms with Gasteiger partial charge in [0, 0.05) is 11.7 Å². The van der Waals surface area contributed by atoms with E-state index >= 15 is 0 Å². The lowest BCUT2D eigenvalue weighted by Crippen LogP contribution is -2.34. The normalized spacial score (nSPS) is 13.2. The maximum Gasteiger partial charge on any atom is 0.291 e. The van der Waals surface area contributed by atoms with Gasteiger partial charge in [-0.15, -0.1) is 0 Å². The van der Waals surface area contributed by atoms with Gasteiger partial charge in [0.2, 0.25) is 5.91 Å². The third-order valence-electron chi connectivity index (χ3n) is 3.43. The van der Waals surface area contributed by atoms with Crippen molar-refractivity contribution in [3.63, 3.8) is 0 Å². The number of rotatable bonds is 5. The van der Waals surface area contributed by atoms with Crippen LogP contribution in [0.3, 0.4) is 0 Å². The molecule has 0 spiro atoms. The highest BCUT2D eigenvalue weighted by Crippen LogP contribution is 2.26. The molecule has 7 heteroatoms. The molecule has 2 rings (SSSR count). The summed E-state index contributed by atoms with van der Waals surface area (Å²) < 4.78 is 5.01. The number of benzene rings is 1. The van der Waals surface area contributed by atoms with E-state index in [1.165, 1.54) is 6.26 Å². The van der Waals surface area contributed by atoms with Crippen LogP contribution in [0, 0.1) is 5.92 Å². The van der Waals surface area contributed by atoms with Crippen LogP contribution in [-0.4, -0.2) is 17.9 Å². The van der Waals surface area contributed by atoms with Gasteiger partial charge in [-0.1, -0.05) is 18.5 Å². The fourth-order valence-corrected chi connectivity index (χ4v) is 2.01. The highest BCUT2D eigenvalue weighted by atomic mass is 35.5. The zero-order chi connectivity index (χ0) is 17.0. The largest absolute Gasteiger partial charge is 0.459 e. The number of hydrogen-bond donors (Lipinski definition) is 3. The highest BCUT2D eigenvalue weighted by Gasteiger charge is 2.17. The van der Waals surface area contributed by atoms with Gasteiger partial charge in [-0.3, -0.25) is 9.59 Å². The van der Waals surface area contributed by atoms with Crippen LogP contribution in [0.5, 0.6) is 0 Å². The fraction of sp³-hybridized carbons (Fsp3) is 0.250. The van der Waals surface area contributed by atoms with Gasteiger partial charge in [-0.05, 0) is 37.3 Å². The van der Waals surface area contributed by atoms with Gasteiger partial charge in [0.25, 0.3) is 5.91 Å². The molecule has 122 valence electrons. The Morgan fingerprint density at radius 3 is 2.52 bits per heavy atom. The lowest BCUT2D eigenvalue weighted by atomic mass is 10.0. The Labute approximate surface area is 139 Å². The van der Waals surface area contributed by atoms with Crippen molar-refractivity contribution in [2.45, 2.75) is 19.9 Å². The first-order valence-corrected chi connectivity index (χ1v) is 7.47. The molecule has 0 bridgehead atoms. The molecular formula is C16H18ClN3O3. The van der Waals surface area contributed by atoms with Gasteiger partial charge in [0.05, 0.1) is 22.9 Å². The lowest BCUT2D eigenvalue weighted by Gasteiger charge is -2.16. The number of halogens is 1. The molecule has 4 N–H and O–H groups in total. The van der Waals surface area contributed by atoms with E-state index in [1.807, 2.05) is 0 Å². The number of nitrogens with two attached hydrogens (primary N) is 1. The third-order valence-corrected chi connectivity index (χ3v) is 3.74. The SMILES string of the molecule is CC(N)C(C)C(=O)Nc1ccc(NC(=O)c2ccco2)c(Cl)c1. The fourth-order valence-electron chi connectivity index (χ4n) is 1.78. The number of furan rings is 1. The Morgan fingerprint density at radius 1 is 1.22 bits per heavy atom. The summed E-state index contributed by atoms with van der Waals surface area (Å²) in [7, 11) is 0. The minimum absolute atomic E-state index is 0.184. The third kappa shape index (κ3) is 4.34. The van der Waals surface area contributed by atoms with Crippen LogP contribution in [0.25, 0.3) is 0 Å². The topological polar surface area (TPSA) is 97.4 Å². The summed E-state index contributed by atoms with van der Waals surface area (Å²) >= 11 is 6.14. The van der Waals surface area contributed by atoms with Crippen molar-refractivity contribution in [2.75, 3.05) is 10.6 Å². The van der Waals surface area contributed by atoms with Gasteiger partial charge in [0.15, 0.2) is 5.76 Å². The van der Waals surface area contributed by atoms with Crippen LogP contribution in [0.4, 0.5) is 11.4 Å². The number of carbonyl (C=O) groups is 2. The molecule has 2 aromatic rings. The molecule has 0 aliphatic heterocycles. The second-order valence-corrected chi connectivity index (χ2v) is 5.67. The van der Waals surface area contributed by atoms with E-state index in [4.69, 9.17) is 21.8 Å². The molecule has 0 saturated heterocycles. The van der Waals surface area contributed by atoms with Gasteiger partial charge >= 0.3 is 0 Å². The first kappa shape index (κ1) is 17.1. The molecule has 1 aromatic heterocycles. The van der Waals surface area contributed by atoms with Crippen molar-refractivity contribution in [2.24, 2.45) is 11.7 Å². The second-order valence-electron chi connectivity index (χ2n) is 5.26. The Hall–Kier alpha value is -2.31. The zero-order valence-corrected chi connectivity index (χ0v) is 13.6. The predicted molar refractivity (Wildman–Crippen MR) is 89.6 cm³/mol. The lowest BCUT2D eigenvalue weighted by molar-refractivity contribution is -0.119. The average molecular weight is 336 g/mol. The molecule has 6 nitrogen and oxygen atoms in total. The number of carbonyl (C=O) groups excluding carboxylic acids is 2. The van der Waals surface area contributed by atoms with Crippen LogP contribution in [0.2, 0.25) is 5.02 Å². The van der Waals surface area contributed by atoms with Gasteiger partial charge < -0.3 is 20.8 Å². The molecule has 23 heavy (non-hydrogen) atoms. The van der Waals surface area contributed by atoms with E-state index in [2.05, 4.69) is 10.6 Å². The molecule has 1 aromatic carbocycles. The Morgan fingerprint density at radius 2 is 1.96 bits per heavy atom. The quantitative estimate of drug-likeness (QED) is 0.782. The minimum Gasteiger partial charge on any atom is -0.459 e. The minimum atomic E-state index is -0.403. The summed E-state index contributed by atoms with van der Waals surface area (Å²) in [4.78, 5) is 23.9. The maximum absolute atomic E-state index is 12.0. The first-order valence-electron chi connectivity index (χ1n) is 7.09. The average Bonchev–Trinajstić information content (AvgIpc) is 3.03. The van der Waals surface area contributed by atoms with Crippen molar-refractivity contribution >= 4 is 34.8 Å². The molecular weight excluding hydrogens is 318 g/mol. The van der Waals surface area contributed by atoms with E-state index < -0.39 is 5.91 Å². The number of hydrogen-bond acceptors (Lipinski definition) is 4. The number of amides is 2. The molecule has 2 amide bonds. The van der Waals surface area contributed by atoms with Gasteiger partial charge in [-0.2, -0.15) is 0 Å². The highest BCUT2D eigenvalue weighted by molar-refractivity contribution is 6.34. The predicted octanol–water partition coefficient (Wildman–Crippen LogP) is 3.11. The van der Waals surface area contributed by atoms with E-state index in [0.29, 0.717) is 16.4 Å². The first-order chi connectivity index (χ1) is 10.9. The van der Waals surface area contributed by atoms with E-state index in [1.54, 1.807) is 44.2 Å². The standard InChI is InChI=1S/C16H18ClN3O3/c1-9(10(2)18)15(21)19-11-5-6-13(12(17)8-11)20-16(22)14-4-3-7-23-14/h3-10H,18H2,1-2H3,(H,19,21)(H,20,22). The van der Waals surface area contributed by atoms with Crippen LogP contribution in [-0.2, 0) is 4.79 Å². The molecule has 1 heterocycles. The van der Waals surface area contributed by atoms with Crippen molar-refractivity contribution in [1.29, 1.82) is 0 Å². The zero-order valence-electron chi connectivity index (χ0n) is 12.8. The smallest absolute Gasteiger partial charge is 0.291 e. The van der Waals surface area contributed by atoms with E-state index in [0.717, 1.165) is 0 Å². The van der Waals surface area contributed by atoms with Crippen LogP contribution >= 0.6 is 11.6 Å². The summed E-state index contributed by atoms with van der Waals surface area (Å²) in [5.41, 5.74) is 6.66. The summed E-state index contributed by atoms with van der Waals surface area (Å²) in [5.74, 6) is -0.737. The van der Waals surface area contributed by atoms with Crippen molar-refractivity contribution in [3.05, 3.63) is 47.4 Å². The summed E-state index contributed by atoms with van der Waals surface area (Å²) in [6, 6.07) is 7.73. The van der Waals surface area contributed by atoms with Crippen LogP contribution in [0.1, 0.15) is 24.4 Å². The van der Waals surface area contributed by atoms with Crippen molar-refractivity contribution < 1.29 is 14.0 Å². The summed E-state index contributed by atoms with van der Waals surface area (Å²) in [5, 5.41) is 5.68. The Kier molecular flexibility index (Phi) is 5.41. The van der Waals surface area contributed by atoms with Gasteiger partial charge in [-0.25, -0.2) is 0 Å². The van der Waals surface area contributed by atoms with Gasteiger partial charge in [0.1, 0.15) is 0 Å². The van der Waals surface area contributed by atoms with E-state index in [-0.39, 0.29) is 23.6 Å². The molecule has 0 radical (unpaired) electrons. The van der Waals surface area contributed by atoms with Crippen LogP contribution < -0.4 is 16.4 Å². The molecule has 2 atom stereocenters. The molecule has 0 aliphatic carbocycles. The number of anilines is 2. The van der Waals surface area contributed by atoms with E-state index in [9.17, 15) is 9.59 Å². The maximum atomic E-state index is 12.0. The van der Waals surface area contributed by atoms with Crippen LogP contribution in [0.15, 0.2) is 41.0 Å². The van der Waals surface area contributed by atoms with Crippen molar-refractivity contribution in [1.82, 2.24) is 0 Å². The molecule has 2 unspecified atom stereocenters. The molecule has 0 saturated carbocycles. The second kappa shape index (κ2) is 7.30. The molecule has 0 aliphatic rings. The summed E-state index contributed by atoms with van der Waals surface area (Å²) in [6.45, 7) is 3.52. The van der Waals surface area contributed by atoms with Crippen molar-refractivity contribution in [3.8, 4) is 0 Å². The Bertz CT molecular complexity index is 699. The molecule has 0 fully saturated rings. The number of nitrogens with one attached hydrogen (secondary N) is 2. The monoisotopic (exact) mass is 335 g/mol. The Balaban J connectivity index is 2.06. The summed E-state index contributed by atoms with van der Waals surface area (Å²) in [6.07, 6.45) is 1.41.